The van der Waals surface area contributed by atoms with E-state index in [0.717, 1.165) is 0 Å². The monoisotopic (exact) mass is 209 g/mol. The van der Waals surface area contributed by atoms with Gasteiger partial charge in [0.1, 0.15) is 6.26 Å². The van der Waals surface area contributed by atoms with Crippen molar-refractivity contribution in [2.75, 3.05) is 0 Å². The molecular formula is C4H4INO. The van der Waals surface area contributed by atoms with Crippen molar-refractivity contribution >= 4 is 23.0 Å². The van der Waals surface area contributed by atoms with Gasteiger partial charge in [0.15, 0.2) is 23.0 Å². The molecule has 7 heavy (non-hydrogen) atoms. The summed E-state index contributed by atoms with van der Waals surface area (Å²) in [5.74, 6) is 0. The number of nitriles is 1. The predicted molar refractivity (Wildman–Crippen MR) is 34.5 cm³/mol. The Balaban J connectivity index is 3.57. The van der Waals surface area contributed by atoms with E-state index >= 15 is 0 Å². The molecule has 0 amide bonds. The Bertz CT molecular complexity index is 113. The van der Waals surface area contributed by atoms with Gasteiger partial charge in [-0.05, 0) is 6.92 Å². The van der Waals surface area contributed by atoms with Gasteiger partial charge >= 0.3 is 0 Å². The van der Waals surface area contributed by atoms with Crippen LogP contribution in [0.5, 0.6) is 0 Å². The smallest absolute Gasteiger partial charge is 0.191 e. The SMILES string of the molecule is C/C(C#N)=C\OI. The van der Waals surface area contributed by atoms with Gasteiger partial charge in [-0.1, -0.05) is 0 Å². The molecule has 0 spiro atoms. The average Bonchev–Trinajstić information content (AvgIpc) is 1.68. The lowest BCUT2D eigenvalue weighted by molar-refractivity contribution is 0.631. The Morgan fingerprint density at radius 3 is 2.71 bits per heavy atom. The topological polar surface area (TPSA) is 33.0 Å². The molecule has 0 bridgehead atoms. The molecule has 0 aliphatic rings. The fraction of sp³-hybridized carbons (Fsp3) is 0.250. The summed E-state index contributed by atoms with van der Waals surface area (Å²) in [7, 11) is 0. The number of halogens is 1. The highest BCUT2D eigenvalue weighted by Gasteiger charge is 1.77. The normalized spacial score (nSPS) is 10.1. The van der Waals surface area contributed by atoms with Crippen LogP contribution in [0.25, 0.3) is 0 Å². The summed E-state index contributed by atoms with van der Waals surface area (Å²) in [4.78, 5) is 0. The molecule has 0 aliphatic heterocycles. The lowest BCUT2D eigenvalue weighted by atomic mass is 10.4. The second-order valence-corrected chi connectivity index (χ2v) is 1.51. The standard InChI is InChI=1S/C4H4INO/c1-4(2-6)3-7-5/h3H,1H3/b4-3+. The second kappa shape index (κ2) is 3.93. The molecular weight excluding hydrogens is 205 g/mol. The maximum atomic E-state index is 8.06. The van der Waals surface area contributed by atoms with Crippen LogP contribution in [0.15, 0.2) is 11.8 Å². The van der Waals surface area contributed by atoms with E-state index in [4.69, 9.17) is 5.26 Å². The van der Waals surface area contributed by atoms with E-state index in [-0.39, 0.29) is 0 Å². The zero-order valence-corrected chi connectivity index (χ0v) is 5.97. The van der Waals surface area contributed by atoms with Crippen molar-refractivity contribution in [2.24, 2.45) is 0 Å². The average molecular weight is 209 g/mol. The molecule has 0 radical (unpaired) electrons. The number of allylic oxidation sites excluding steroid dienone is 1. The van der Waals surface area contributed by atoms with Crippen molar-refractivity contribution in [1.29, 1.82) is 5.26 Å². The fourth-order valence-corrected chi connectivity index (χ4v) is 0.475. The third-order valence-corrected chi connectivity index (χ3v) is 0.652. The van der Waals surface area contributed by atoms with E-state index < -0.39 is 0 Å². The van der Waals surface area contributed by atoms with Crippen molar-refractivity contribution in [3.63, 3.8) is 0 Å². The summed E-state index contributed by atoms with van der Waals surface area (Å²) >= 11 is 1.70. The first-order valence-corrected chi connectivity index (χ1v) is 2.53. The number of rotatable bonds is 1. The highest BCUT2D eigenvalue weighted by atomic mass is 127. The molecule has 0 aromatic heterocycles. The zero-order chi connectivity index (χ0) is 5.70. The number of nitrogens with zero attached hydrogens (tertiary/aromatic N) is 1. The molecule has 38 valence electrons. The van der Waals surface area contributed by atoms with Crippen LogP contribution in [-0.2, 0) is 3.07 Å². The first kappa shape index (κ1) is 6.76. The Hall–Kier alpha value is -0.240. The van der Waals surface area contributed by atoms with Gasteiger partial charge in [-0.15, -0.1) is 0 Å². The lowest BCUT2D eigenvalue weighted by Crippen LogP contribution is -1.64. The molecule has 0 aromatic rings. The van der Waals surface area contributed by atoms with Crippen LogP contribution in [-0.4, -0.2) is 0 Å². The molecule has 2 nitrogen and oxygen atoms in total. The maximum Gasteiger partial charge on any atom is 0.191 e. The minimum atomic E-state index is 0.578. The molecule has 0 saturated heterocycles. The van der Waals surface area contributed by atoms with E-state index in [1.807, 2.05) is 6.07 Å². The minimum absolute atomic E-state index is 0.578. The van der Waals surface area contributed by atoms with Gasteiger partial charge in [0.2, 0.25) is 0 Å². The fourth-order valence-electron chi connectivity index (χ4n) is 0.0932. The summed E-state index contributed by atoms with van der Waals surface area (Å²) in [6, 6.07) is 1.90. The first-order valence-electron chi connectivity index (χ1n) is 1.65. The molecule has 0 saturated carbocycles. The van der Waals surface area contributed by atoms with Crippen molar-refractivity contribution in [3.05, 3.63) is 11.8 Å². The predicted octanol–water partition coefficient (Wildman–Crippen LogP) is 1.78. The van der Waals surface area contributed by atoms with Gasteiger partial charge in [0, 0.05) is 0 Å². The third kappa shape index (κ3) is 3.59. The van der Waals surface area contributed by atoms with Gasteiger partial charge in [0.05, 0.1) is 11.6 Å². The summed E-state index contributed by atoms with van der Waals surface area (Å²) in [5, 5.41) is 8.06. The van der Waals surface area contributed by atoms with Gasteiger partial charge in [-0.25, -0.2) is 0 Å². The highest BCUT2D eigenvalue weighted by molar-refractivity contribution is 14.1. The Morgan fingerprint density at radius 2 is 2.57 bits per heavy atom. The van der Waals surface area contributed by atoms with Crippen LogP contribution in [0.1, 0.15) is 6.92 Å². The number of hydrogen-bond acceptors (Lipinski definition) is 2. The first-order chi connectivity index (χ1) is 3.31. The van der Waals surface area contributed by atoms with E-state index in [1.165, 1.54) is 6.26 Å². The van der Waals surface area contributed by atoms with E-state index in [2.05, 4.69) is 3.07 Å². The van der Waals surface area contributed by atoms with Crippen LogP contribution < -0.4 is 0 Å². The minimum Gasteiger partial charge on any atom is -0.435 e. The van der Waals surface area contributed by atoms with Gasteiger partial charge in [0.25, 0.3) is 0 Å². The molecule has 0 rings (SSSR count). The van der Waals surface area contributed by atoms with Crippen molar-refractivity contribution in [1.82, 2.24) is 0 Å². The zero-order valence-electron chi connectivity index (χ0n) is 3.81. The lowest BCUT2D eigenvalue weighted by Gasteiger charge is -1.79. The van der Waals surface area contributed by atoms with E-state index in [9.17, 15) is 0 Å². The Kier molecular flexibility index (Phi) is 3.80. The molecule has 0 fully saturated rings. The van der Waals surface area contributed by atoms with Crippen molar-refractivity contribution < 1.29 is 3.07 Å². The summed E-state index contributed by atoms with van der Waals surface area (Å²) in [6.07, 6.45) is 1.39. The summed E-state index contributed by atoms with van der Waals surface area (Å²) in [6.45, 7) is 1.68. The summed E-state index contributed by atoms with van der Waals surface area (Å²) < 4.78 is 4.48. The largest absolute Gasteiger partial charge is 0.435 e. The third-order valence-electron chi connectivity index (χ3n) is 0.398. The van der Waals surface area contributed by atoms with Crippen molar-refractivity contribution in [2.45, 2.75) is 6.92 Å². The van der Waals surface area contributed by atoms with E-state index in [0.29, 0.717) is 5.57 Å². The molecule has 0 aliphatic carbocycles. The van der Waals surface area contributed by atoms with Gasteiger partial charge < -0.3 is 3.07 Å². The Morgan fingerprint density at radius 1 is 2.00 bits per heavy atom. The molecule has 3 heteroatoms. The maximum absolute atomic E-state index is 8.06. The quantitative estimate of drug-likeness (QED) is 0.374. The molecule has 0 heterocycles. The van der Waals surface area contributed by atoms with Crippen LogP contribution in [0.2, 0.25) is 0 Å². The van der Waals surface area contributed by atoms with Crippen molar-refractivity contribution in [3.8, 4) is 6.07 Å². The second-order valence-electron chi connectivity index (χ2n) is 1.00. The molecule has 0 unspecified atom stereocenters. The molecule has 0 N–H and O–H groups in total. The molecule has 0 atom stereocenters. The van der Waals surface area contributed by atoms with Crippen LogP contribution in [0.3, 0.4) is 0 Å². The van der Waals surface area contributed by atoms with Crippen LogP contribution in [0.4, 0.5) is 0 Å². The van der Waals surface area contributed by atoms with Crippen LogP contribution in [0, 0.1) is 11.3 Å². The van der Waals surface area contributed by atoms with Gasteiger partial charge in [-0.3, -0.25) is 0 Å². The number of hydrogen-bond donors (Lipinski definition) is 0. The van der Waals surface area contributed by atoms with Gasteiger partial charge in [-0.2, -0.15) is 5.26 Å². The molecule has 0 aromatic carbocycles. The Labute approximate surface area is 56.5 Å². The van der Waals surface area contributed by atoms with E-state index in [1.54, 1.807) is 29.9 Å². The van der Waals surface area contributed by atoms with Crippen LogP contribution >= 0.6 is 23.0 Å². The highest BCUT2D eigenvalue weighted by Crippen LogP contribution is 1.93. The summed E-state index contributed by atoms with van der Waals surface area (Å²) in [5.41, 5.74) is 0.578.